The Morgan fingerprint density at radius 1 is 1.17 bits per heavy atom. The number of aromatic nitrogens is 1. The Bertz CT molecular complexity index is 534. The summed E-state index contributed by atoms with van der Waals surface area (Å²) in [5.41, 5.74) is 0.671. The minimum Gasteiger partial charge on any atom is -0.376 e. The molecule has 24 heavy (non-hydrogen) atoms. The molecule has 0 saturated carbocycles. The molecule has 0 N–H and O–H groups in total. The van der Waals surface area contributed by atoms with Crippen molar-refractivity contribution in [1.82, 2.24) is 9.88 Å². The number of pyridine rings is 1. The van der Waals surface area contributed by atoms with Crippen LogP contribution in [-0.4, -0.2) is 68.4 Å². The summed E-state index contributed by atoms with van der Waals surface area (Å²) in [6.45, 7) is 2.87. The van der Waals surface area contributed by atoms with Gasteiger partial charge in [0.25, 0.3) is 5.91 Å². The van der Waals surface area contributed by atoms with Gasteiger partial charge in [0.1, 0.15) is 5.82 Å². The Morgan fingerprint density at radius 3 is 2.29 bits per heavy atom. The maximum atomic E-state index is 13.1. The van der Waals surface area contributed by atoms with Gasteiger partial charge < -0.3 is 19.3 Å². The van der Waals surface area contributed by atoms with Gasteiger partial charge in [0.05, 0.1) is 12.2 Å². The zero-order valence-corrected chi connectivity index (χ0v) is 14.6. The number of nitrogens with zero attached hydrogens (tertiary/aromatic N) is 3. The first-order valence-corrected chi connectivity index (χ1v) is 8.79. The molecule has 0 radical (unpaired) electrons. The minimum absolute atomic E-state index is 0.0338. The first kappa shape index (κ1) is 17.2. The van der Waals surface area contributed by atoms with Crippen molar-refractivity contribution in [2.75, 3.05) is 45.3 Å². The van der Waals surface area contributed by atoms with Crippen LogP contribution in [0.1, 0.15) is 36.0 Å². The topological polar surface area (TPSA) is 54.9 Å². The monoisotopic (exact) mass is 333 g/mol. The summed E-state index contributed by atoms with van der Waals surface area (Å²) in [5.74, 6) is 0.821. The quantitative estimate of drug-likeness (QED) is 0.796. The molecule has 3 heterocycles. The lowest BCUT2D eigenvalue weighted by molar-refractivity contribution is 0.0307. The van der Waals surface area contributed by atoms with Crippen LogP contribution in [0.5, 0.6) is 0 Å². The predicted molar refractivity (Wildman–Crippen MR) is 92.4 cm³/mol. The second-order valence-corrected chi connectivity index (χ2v) is 6.78. The van der Waals surface area contributed by atoms with Gasteiger partial charge in [0.2, 0.25) is 0 Å². The summed E-state index contributed by atoms with van der Waals surface area (Å²) in [7, 11) is 3.85. The molecule has 6 heteroatoms. The lowest BCUT2D eigenvalue weighted by atomic mass is 10.1. The molecule has 3 rings (SSSR count). The van der Waals surface area contributed by atoms with Crippen LogP contribution in [0.15, 0.2) is 18.3 Å². The maximum absolute atomic E-state index is 13.1. The van der Waals surface area contributed by atoms with Crippen LogP contribution < -0.4 is 4.90 Å². The zero-order chi connectivity index (χ0) is 16.9. The van der Waals surface area contributed by atoms with E-state index in [9.17, 15) is 4.79 Å². The summed E-state index contributed by atoms with van der Waals surface area (Å²) < 4.78 is 11.5. The minimum atomic E-state index is 0.0338. The van der Waals surface area contributed by atoms with E-state index in [-0.39, 0.29) is 18.1 Å². The first-order chi connectivity index (χ1) is 11.6. The molecule has 2 saturated heterocycles. The van der Waals surface area contributed by atoms with E-state index < -0.39 is 0 Å². The summed E-state index contributed by atoms with van der Waals surface area (Å²) in [6.07, 6.45) is 6.18. The largest absolute Gasteiger partial charge is 0.376 e. The zero-order valence-electron chi connectivity index (χ0n) is 14.6. The van der Waals surface area contributed by atoms with Crippen molar-refractivity contribution in [1.29, 1.82) is 0 Å². The van der Waals surface area contributed by atoms with E-state index >= 15 is 0 Å². The Balaban J connectivity index is 1.74. The van der Waals surface area contributed by atoms with E-state index in [0.29, 0.717) is 18.7 Å². The van der Waals surface area contributed by atoms with Crippen molar-refractivity contribution >= 4 is 11.7 Å². The van der Waals surface area contributed by atoms with E-state index in [1.165, 1.54) is 0 Å². The van der Waals surface area contributed by atoms with Crippen molar-refractivity contribution in [3.05, 3.63) is 23.9 Å². The lowest BCUT2D eigenvalue weighted by Crippen LogP contribution is -2.42. The van der Waals surface area contributed by atoms with Crippen molar-refractivity contribution < 1.29 is 14.3 Å². The average Bonchev–Trinajstić information content (AvgIpc) is 3.27. The van der Waals surface area contributed by atoms with Crippen LogP contribution in [0.4, 0.5) is 5.82 Å². The molecule has 1 aromatic rings. The third-order valence-electron chi connectivity index (χ3n) is 4.63. The number of anilines is 1. The molecule has 2 atom stereocenters. The van der Waals surface area contributed by atoms with Gasteiger partial charge in [0.15, 0.2) is 0 Å². The Labute approximate surface area is 143 Å². The van der Waals surface area contributed by atoms with E-state index in [4.69, 9.17) is 9.47 Å². The summed E-state index contributed by atoms with van der Waals surface area (Å²) >= 11 is 0. The highest BCUT2D eigenvalue weighted by atomic mass is 16.5. The Kier molecular flexibility index (Phi) is 5.68. The van der Waals surface area contributed by atoms with Crippen molar-refractivity contribution in [3.63, 3.8) is 0 Å². The summed E-state index contributed by atoms with van der Waals surface area (Å²) in [5, 5.41) is 0. The van der Waals surface area contributed by atoms with Gasteiger partial charge in [-0.3, -0.25) is 4.79 Å². The van der Waals surface area contributed by atoms with E-state index in [0.717, 1.165) is 44.7 Å². The fraction of sp³-hybridized carbons (Fsp3) is 0.667. The van der Waals surface area contributed by atoms with Crippen molar-refractivity contribution in [2.24, 2.45) is 0 Å². The number of hydrogen-bond acceptors (Lipinski definition) is 5. The van der Waals surface area contributed by atoms with Gasteiger partial charge in [-0.25, -0.2) is 4.98 Å². The molecule has 0 aromatic carbocycles. The first-order valence-electron chi connectivity index (χ1n) is 8.79. The molecule has 0 unspecified atom stereocenters. The van der Waals surface area contributed by atoms with Crippen LogP contribution in [0.3, 0.4) is 0 Å². The lowest BCUT2D eigenvalue weighted by Gasteiger charge is -2.28. The summed E-state index contributed by atoms with van der Waals surface area (Å²) in [6, 6.07) is 3.63. The van der Waals surface area contributed by atoms with Gasteiger partial charge in [0, 0.05) is 52.2 Å². The number of carbonyl (C=O) groups excluding carboxylic acids is 1. The summed E-state index contributed by atoms with van der Waals surface area (Å²) in [4.78, 5) is 21.2. The van der Waals surface area contributed by atoms with Gasteiger partial charge in [-0.1, -0.05) is 0 Å². The predicted octanol–water partition coefficient (Wildman–Crippen LogP) is 1.95. The molecule has 0 aliphatic carbocycles. The fourth-order valence-corrected chi connectivity index (χ4v) is 3.29. The number of ether oxygens (including phenoxy) is 2. The highest BCUT2D eigenvalue weighted by Crippen LogP contribution is 2.20. The standard InChI is InChI=1S/C18H27N3O3/c1-20(2)17-11-14(7-8-19-17)18(22)21(12-15-5-3-9-23-15)13-16-6-4-10-24-16/h7-8,11,15-16H,3-6,9-10,12-13H2,1-2H3/t15-,16+. The highest BCUT2D eigenvalue weighted by molar-refractivity contribution is 5.94. The van der Waals surface area contributed by atoms with Crippen LogP contribution in [0, 0.1) is 0 Å². The van der Waals surface area contributed by atoms with Gasteiger partial charge in [-0.2, -0.15) is 0 Å². The second kappa shape index (κ2) is 7.94. The number of amides is 1. The SMILES string of the molecule is CN(C)c1cc(C(=O)N(C[C@H]2CCCO2)C[C@@H]2CCCO2)ccn1. The molecular weight excluding hydrogens is 306 g/mol. The van der Waals surface area contributed by atoms with Crippen LogP contribution in [0.25, 0.3) is 0 Å². The molecule has 0 bridgehead atoms. The molecule has 2 aliphatic heterocycles. The van der Waals surface area contributed by atoms with E-state index in [2.05, 4.69) is 4.98 Å². The molecule has 2 fully saturated rings. The van der Waals surface area contributed by atoms with E-state index in [1.54, 1.807) is 12.3 Å². The van der Waals surface area contributed by atoms with Crippen molar-refractivity contribution in [2.45, 2.75) is 37.9 Å². The van der Waals surface area contributed by atoms with E-state index in [1.807, 2.05) is 30.0 Å². The molecule has 1 amide bonds. The number of carbonyl (C=O) groups is 1. The van der Waals surface area contributed by atoms with Gasteiger partial charge in [-0.05, 0) is 37.8 Å². The van der Waals surface area contributed by atoms with Crippen molar-refractivity contribution in [3.8, 4) is 0 Å². The molecule has 6 nitrogen and oxygen atoms in total. The average molecular weight is 333 g/mol. The fourth-order valence-electron chi connectivity index (χ4n) is 3.29. The van der Waals surface area contributed by atoms with Crippen LogP contribution in [0.2, 0.25) is 0 Å². The molecule has 1 aromatic heterocycles. The third kappa shape index (κ3) is 4.24. The number of rotatable bonds is 6. The molecule has 0 spiro atoms. The molecule has 132 valence electrons. The molecular formula is C18H27N3O3. The second-order valence-electron chi connectivity index (χ2n) is 6.78. The van der Waals surface area contributed by atoms with Gasteiger partial charge >= 0.3 is 0 Å². The Hall–Kier alpha value is -1.66. The highest BCUT2D eigenvalue weighted by Gasteiger charge is 2.27. The normalized spacial score (nSPS) is 23.4. The van der Waals surface area contributed by atoms with Crippen LogP contribution >= 0.6 is 0 Å². The third-order valence-corrected chi connectivity index (χ3v) is 4.63. The van der Waals surface area contributed by atoms with Gasteiger partial charge in [-0.15, -0.1) is 0 Å². The van der Waals surface area contributed by atoms with Crippen LogP contribution in [-0.2, 0) is 9.47 Å². The number of hydrogen-bond donors (Lipinski definition) is 0. The molecule has 2 aliphatic rings. The Morgan fingerprint density at radius 2 is 1.79 bits per heavy atom. The maximum Gasteiger partial charge on any atom is 0.254 e. The smallest absolute Gasteiger partial charge is 0.254 e.